The molecule has 0 nitrogen and oxygen atoms in total. The summed E-state index contributed by atoms with van der Waals surface area (Å²) in [7, 11) is 0. The van der Waals surface area contributed by atoms with Crippen LogP contribution in [0.4, 0.5) is 8.78 Å². The van der Waals surface area contributed by atoms with Gasteiger partial charge >= 0.3 is 0 Å². The first-order chi connectivity index (χ1) is 3.60. The number of allylic oxidation sites excluding steroid dienone is 2. The lowest BCUT2D eigenvalue weighted by molar-refractivity contribution is 0.0555. The Bertz CT molecular complexity index is 124. The van der Waals surface area contributed by atoms with E-state index in [1.165, 1.54) is 0 Å². The van der Waals surface area contributed by atoms with E-state index in [2.05, 4.69) is 0 Å². The molecule has 0 spiro atoms. The second kappa shape index (κ2) is 1.54. The highest BCUT2D eigenvalue weighted by molar-refractivity contribution is 5.12. The smallest absolute Gasteiger partial charge is 0.202 e. The molecule has 0 unspecified atom stereocenters. The first-order valence-corrected chi connectivity index (χ1v) is 2.66. The van der Waals surface area contributed by atoms with Crippen molar-refractivity contribution in [2.75, 3.05) is 0 Å². The van der Waals surface area contributed by atoms with Crippen LogP contribution in [0.5, 0.6) is 0 Å². The van der Waals surface area contributed by atoms with E-state index >= 15 is 0 Å². The van der Waals surface area contributed by atoms with Gasteiger partial charge in [0.05, 0.1) is 0 Å². The minimum absolute atomic E-state index is 0.0127. The summed E-state index contributed by atoms with van der Waals surface area (Å²) in [4.78, 5) is 0. The lowest BCUT2D eigenvalue weighted by Crippen LogP contribution is -2.05. The average molecular weight is 118 g/mol. The molecule has 8 heavy (non-hydrogen) atoms. The predicted octanol–water partition coefficient (Wildman–Crippen LogP) is 2.36. The fraction of sp³-hybridized carbons (Fsp3) is 0.667. The van der Waals surface area contributed by atoms with Crippen LogP contribution in [0.1, 0.15) is 19.8 Å². The van der Waals surface area contributed by atoms with Crippen molar-refractivity contribution in [3.8, 4) is 0 Å². The maximum absolute atomic E-state index is 12.1. The molecular weight excluding hydrogens is 110 g/mol. The van der Waals surface area contributed by atoms with E-state index in [1.807, 2.05) is 0 Å². The molecule has 1 aliphatic carbocycles. The van der Waals surface area contributed by atoms with Crippen molar-refractivity contribution < 1.29 is 8.78 Å². The number of rotatable bonds is 0. The van der Waals surface area contributed by atoms with Gasteiger partial charge in [0, 0.05) is 6.42 Å². The molecule has 0 bridgehead atoms. The summed E-state index contributed by atoms with van der Waals surface area (Å²) in [5, 5.41) is 0. The molecule has 1 aliphatic rings. The second-order valence-electron chi connectivity index (χ2n) is 2.25. The van der Waals surface area contributed by atoms with Crippen LogP contribution in [0.2, 0.25) is 0 Å². The SMILES string of the molecule is CC1=CC(F)(F)CC1. The highest BCUT2D eigenvalue weighted by Gasteiger charge is 2.30. The molecule has 0 aromatic rings. The van der Waals surface area contributed by atoms with Crippen molar-refractivity contribution in [3.05, 3.63) is 11.6 Å². The highest BCUT2D eigenvalue weighted by atomic mass is 19.3. The normalized spacial score (nSPS) is 25.6. The summed E-state index contributed by atoms with van der Waals surface area (Å²) in [6, 6.07) is 0. The first-order valence-electron chi connectivity index (χ1n) is 2.66. The van der Waals surface area contributed by atoms with E-state index in [4.69, 9.17) is 0 Å². The van der Waals surface area contributed by atoms with Gasteiger partial charge in [-0.05, 0) is 19.4 Å². The Labute approximate surface area is 47.2 Å². The fourth-order valence-electron chi connectivity index (χ4n) is 0.869. The van der Waals surface area contributed by atoms with Crippen LogP contribution in [-0.4, -0.2) is 5.92 Å². The molecule has 46 valence electrons. The summed E-state index contributed by atoms with van der Waals surface area (Å²) in [5.41, 5.74) is 0.815. The molecule has 0 amide bonds. The van der Waals surface area contributed by atoms with Crippen molar-refractivity contribution in [2.45, 2.75) is 25.7 Å². The Hall–Kier alpha value is -0.400. The summed E-state index contributed by atoms with van der Waals surface area (Å²) in [6.07, 6.45) is 1.62. The molecule has 0 N–H and O–H groups in total. The molecule has 0 aliphatic heterocycles. The molecule has 0 aromatic carbocycles. The largest absolute Gasteiger partial charge is 0.267 e. The van der Waals surface area contributed by atoms with Gasteiger partial charge in [-0.15, -0.1) is 0 Å². The summed E-state index contributed by atoms with van der Waals surface area (Å²) in [5.74, 6) is -2.50. The molecule has 0 fully saturated rings. The van der Waals surface area contributed by atoms with Gasteiger partial charge in [0.1, 0.15) is 0 Å². The van der Waals surface area contributed by atoms with E-state index in [9.17, 15) is 8.78 Å². The van der Waals surface area contributed by atoms with Gasteiger partial charge in [-0.3, -0.25) is 0 Å². The monoisotopic (exact) mass is 118 g/mol. The fourth-order valence-corrected chi connectivity index (χ4v) is 0.869. The van der Waals surface area contributed by atoms with Crippen molar-refractivity contribution in [1.82, 2.24) is 0 Å². The third-order valence-corrected chi connectivity index (χ3v) is 1.31. The van der Waals surface area contributed by atoms with Crippen LogP contribution < -0.4 is 0 Å². The molecule has 0 aromatic heterocycles. The minimum atomic E-state index is -2.50. The molecule has 2 heteroatoms. The van der Waals surface area contributed by atoms with Crippen LogP contribution in [0, 0.1) is 0 Å². The predicted molar refractivity (Wildman–Crippen MR) is 27.9 cm³/mol. The van der Waals surface area contributed by atoms with Gasteiger partial charge in [0.25, 0.3) is 5.92 Å². The van der Waals surface area contributed by atoms with Crippen LogP contribution >= 0.6 is 0 Å². The Kier molecular flexibility index (Phi) is 1.10. The topological polar surface area (TPSA) is 0 Å². The average Bonchev–Trinajstić information content (AvgIpc) is 1.82. The van der Waals surface area contributed by atoms with Gasteiger partial charge in [-0.1, -0.05) is 5.57 Å². The molecular formula is C6H8F2. The van der Waals surface area contributed by atoms with E-state index in [1.54, 1.807) is 6.92 Å². The van der Waals surface area contributed by atoms with Gasteiger partial charge in [0.2, 0.25) is 0 Å². The zero-order chi connectivity index (χ0) is 6.20. The summed E-state index contributed by atoms with van der Waals surface area (Å²) in [6.45, 7) is 1.74. The molecule has 0 radical (unpaired) electrons. The summed E-state index contributed by atoms with van der Waals surface area (Å²) >= 11 is 0. The molecule has 0 saturated carbocycles. The maximum Gasteiger partial charge on any atom is 0.267 e. The third-order valence-electron chi connectivity index (χ3n) is 1.31. The first kappa shape index (κ1) is 5.73. The quantitative estimate of drug-likeness (QED) is 0.428. The van der Waals surface area contributed by atoms with Crippen molar-refractivity contribution >= 4 is 0 Å². The lowest BCUT2D eigenvalue weighted by Gasteiger charge is -2.00. The Balaban J connectivity index is 2.67. The van der Waals surface area contributed by atoms with E-state index < -0.39 is 5.92 Å². The van der Waals surface area contributed by atoms with Gasteiger partial charge in [-0.2, -0.15) is 0 Å². The van der Waals surface area contributed by atoms with Crippen LogP contribution in [-0.2, 0) is 0 Å². The van der Waals surface area contributed by atoms with Crippen LogP contribution in [0.3, 0.4) is 0 Å². The van der Waals surface area contributed by atoms with Gasteiger partial charge in [-0.25, -0.2) is 8.78 Å². The van der Waals surface area contributed by atoms with Gasteiger partial charge < -0.3 is 0 Å². The van der Waals surface area contributed by atoms with Crippen LogP contribution in [0.15, 0.2) is 11.6 Å². The minimum Gasteiger partial charge on any atom is -0.202 e. The van der Waals surface area contributed by atoms with Crippen molar-refractivity contribution in [1.29, 1.82) is 0 Å². The zero-order valence-corrected chi connectivity index (χ0v) is 4.75. The van der Waals surface area contributed by atoms with Crippen molar-refractivity contribution in [3.63, 3.8) is 0 Å². The Morgan fingerprint density at radius 2 is 2.25 bits per heavy atom. The summed E-state index contributed by atoms with van der Waals surface area (Å²) < 4.78 is 24.2. The number of alkyl halides is 2. The number of halogens is 2. The maximum atomic E-state index is 12.1. The van der Waals surface area contributed by atoms with E-state index in [-0.39, 0.29) is 6.42 Å². The second-order valence-corrected chi connectivity index (χ2v) is 2.25. The highest BCUT2D eigenvalue weighted by Crippen LogP contribution is 2.32. The van der Waals surface area contributed by atoms with Gasteiger partial charge in [0.15, 0.2) is 0 Å². The molecule has 0 saturated heterocycles. The van der Waals surface area contributed by atoms with Crippen molar-refractivity contribution in [2.24, 2.45) is 0 Å². The lowest BCUT2D eigenvalue weighted by atomic mass is 10.3. The standard InChI is InChI=1S/C6H8F2/c1-5-2-3-6(7,8)4-5/h4H,2-3H2,1H3. The van der Waals surface area contributed by atoms with E-state index in [0.717, 1.165) is 11.6 Å². The van der Waals surface area contributed by atoms with Crippen LogP contribution in [0.25, 0.3) is 0 Å². The molecule has 0 heterocycles. The molecule has 1 rings (SSSR count). The molecule has 0 atom stereocenters. The Morgan fingerprint density at radius 3 is 2.38 bits per heavy atom. The Morgan fingerprint density at radius 1 is 1.62 bits per heavy atom. The number of hydrogen-bond acceptors (Lipinski definition) is 0. The third kappa shape index (κ3) is 1.05. The zero-order valence-electron chi connectivity index (χ0n) is 4.75. The van der Waals surface area contributed by atoms with E-state index in [0.29, 0.717) is 6.42 Å². The number of hydrogen-bond donors (Lipinski definition) is 0.